The van der Waals surface area contributed by atoms with Crippen LogP contribution in [-0.4, -0.2) is 49.1 Å². The highest BCUT2D eigenvalue weighted by atomic mass is 16.2. The fourth-order valence-corrected chi connectivity index (χ4v) is 1.80. The van der Waals surface area contributed by atoms with Crippen molar-refractivity contribution in [3.63, 3.8) is 0 Å². The van der Waals surface area contributed by atoms with Crippen molar-refractivity contribution in [1.82, 2.24) is 15.5 Å². The molecule has 4 nitrogen and oxygen atoms in total. The summed E-state index contributed by atoms with van der Waals surface area (Å²) in [6, 6.07) is 0. The Morgan fingerprint density at radius 3 is 2.62 bits per heavy atom. The van der Waals surface area contributed by atoms with Crippen LogP contribution in [0.25, 0.3) is 0 Å². The van der Waals surface area contributed by atoms with Crippen molar-refractivity contribution >= 4 is 5.91 Å². The van der Waals surface area contributed by atoms with Crippen molar-refractivity contribution in [3.8, 4) is 11.8 Å². The Hall–Kier alpha value is -1.05. The number of carbonyl (C=O) groups excluding carboxylic acids is 1. The van der Waals surface area contributed by atoms with Crippen LogP contribution in [0.1, 0.15) is 20.8 Å². The van der Waals surface area contributed by atoms with Gasteiger partial charge in [-0.1, -0.05) is 5.92 Å². The van der Waals surface area contributed by atoms with Crippen molar-refractivity contribution in [1.29, 1.82) is 0 Å². The Balaban J connectivity index is 2.52. The van der Waals surface area contributed by atoms with Crippen LogP contribution in [0.15, 0.2) is 0 Å². The van der Waals surface area contributed by atoms with Gasteiger partial charge in [-0.05, 0) is 20.8 Å². The van der Waals surface area contributed by atoms with Crippen LogP contribution in [0.3, 0.4) is 0 Å². The van der Waals surface area contributed by atoms with Gasteiger partial charge < -0.3 is 10.6 Å². The average molecular weight is 223 g/mol. The third-order valence-corrected chi connectivity index (χ3v) is 2.98. The van der Waals surface area contributed by atoms with Gasteiger partial charge in [-0.15, -0.1) is 5.92 Å². The maximum absolute atomic E-state index is 12.0. The third kappa shape index (κ3) is 3.22. The Morgan fingerprint density at radius 2 is 2.06 bits per heavy atom. The van der Waals surface area contributed by atoms with Gasteiger partial charge in [-0.3, -0.25) is 9.69 Å². The zero-order valence-corrected chi connectivity index (χ0v) is 10.4. The molecule has 1 amide bonds. The van der Waals surface area contributed by atoms with Gasteiger partial charge in [0.05, 0.1) is 12.1 Å². The lowest BCUT2D eigenvalue weighted by molar-refractivity contribution is -0.131. The van der Waals surface area contributed by atoms with Crippen LogP contribution in [0.5, 0.6) is 0 Å². The molecule has 1 aliphatic rings. The van der Waals surface area contributed by atoms with Gasteiger partial charge in [0, 0.05) is 26.2 Å². The largest absolute Gasteiger partial charge is 0.344 e. The molecule has 1 aliphatic heterocycles. The molecule has 1 rings (SSSR count). The summed E-state index contributed by atoms with van der Waals surface area (Å²) in [5.41, 5.74) is -0.447. The van der Waals surface area contributed by atoms with E-state index in [-0.39, 0.29) is 5.91 Å². The minimum Gasteiger partial charge on any atom is -0.344 e. The summed E-state index contributed by atoms with van der Waals surface area (Å²) in [6.07, 6.45) is 0. The van der Waals surface area contributed by atoms with Crippen LogP contribution < -0.4 is 10.6 Å². The van der Waals surface area contributed by atoms with E-state index in [0.29, 0.717) is 6.54 Å². The zero-order chi connectivity index (χ0) is 12.0. The van der Waals surface area contributed by atoms with Crippen molar-refractivity contribution in [3.05, 3.63) is 0 Å². The number of amides is 1. The summed E-state index contributed by atoms with van der Waals surface area (Å²) in [5, 5.41) is 6.13. The molecule has 1 heterocycles. The fraction of sp³-hybridized carbons (Fsp3) is 0.750. The molecule has 4 heteroatoms. The maximum atomic E-state index is 12.0. The van der Waals surface area contributed by atoms with Gasteiger partial charge in [0.2, 0.25) is 5.91 Å². The summed E-state index contributed by atoms with van der Waals surface area (Å²) in [7, 11) is 0. The Morgan fingerprint density at radius 1 is 1.44 bits per heavy atom. The van der Waals surface area contributed by atoms with Crippen LogP contribution >= 0.6 is 0 Å². The lowest BCUT2D eigenvalue weighted by Crippen LogP contribution is -2.60. The number of rotatable bonds is 3. The molecular formula is C12H21N3O. The molecule has 0 unspecified atom stereocenters. The Labute approximate surface area is 97.8 Å². The molecule has 0 radical (unpaired) electrons. The van der Waals surface area contributed by atoms with E-state index in [1.165, 1.54) is 0 Å². The van der Waals surface area contributed by atoms with Gasteiger partial charge in [0.25, 0.3) is 0 Å². The summed E-state index contributed by atoms with van der Waals surface area (Å²) in [5.74, 6) is 5.66. The molecule has 90 valence electrons. The minimum atomic E-state index is -0.447. The molecule has 1 saturated heterocycles. The smallest absolute Gasteiger partial charge is 0.240 e. The normalized spacial score (nSPS) is 17.4. The fourth-order valence-electron chi connectivity index (χ4n) is 1.80. The first-order valence-electron chi connectivity index (χ1n) is 5.72. The highest BCUT2D eigenvalue weighted by Gasteiger charge is 2.34. The predicted molar refractivity (Wildman–Crippen MR) is 65.0 cm³/mol. The van der Waals surface area contributed by atoms with Gasteiger partial charge in [0.1, 0.15) is 0 Å². The second kappa shape index (κ2) is 5.88. The van der Waals surface area contributed by atoms with E-state index >= 15 is 0 Å². The number of carbonyl (C=O) groups is 1. The minimum absolute atomic E-state index is 0.0529. The van der Waals surface area contributed by atoms with E-state index < -0.39 is 5.54 Å². The van der Waals surface area contributed by atoms with E-state index in [4.69, 9.17) is 0 Å². The lowest BCUT2D eigenvalue weighted by Gasteiger charge is -2.39. The van der Waals surface area contributed by atoms with Crippen LogP contribution in [0, 0.1) is 11.8 Å². The van der Waals surface area contributed by atoms with E-state index in [9.17, 15) is 4.79 Å². The molecule has 0 aromatic carbocycles. The molecule has 16 heavy (non-hydrogen) atoms. The molecule has 1 fully saturated rings. The molecule has 0 aromatic rings. The lowest BCUT2D eigenvalue weighted by atomic mass is 10.0. The Kier molecular flexibility index (Phi) is 4.78. The molecule has 0 aliphatic carbocycles. The van der Waals surface area contributed by atoms with Crippen molar-refractivity contribution in [2.45, 2.75) is 26.3 Å². The predicted octanol–water partition coefficient (Wildman–Crippen LogP) is -0.190. The van der Waals surface area contributed by atoms with E-state index in [2.05, 4.69) is 27.4 Å². The van der Waals surface area contributed by atoms with E-state index in [0.717, 1.165) is 26.2 Å². The molecule has 2 N–H and O–H groups in total. The number of nitrogens with one attached hydrogen (secondary N) is 2. The molecule has 0 atom stereocenters. The first-order valence-corrected chi connectivity index (χ1v) is 5.72. The van der Waals surface area contributed by atoms with Crippen LogP contribution in [0.4, 0.5) is 0 Å². The maximum Gasteiger partial charge on any atom is 0.240 e. The summed E-state index contributed by atoms with van der Waals surface area (Å²) in [4.78, 5) is 14.2. The number of hydrogen-bond donors (Lipinski definition) is 2. The quantitative estimate of drug-likeness (QED) is 0.652. The second-order valence-electron chi connectivity index (χ2n) is 4.41. The number of nitrogens with zero attached hydrogens (tertiary/aromatic N) is 1. The molecule has 0 saturated carbocycles. The van der Waals surface area contributed by atoms with Gasteiger partial charge in [-0.25, -0.2) is 0 Å². The number of piperazine rings is 1. The average Bonchev–Trinajstić information content (AvgIpc) is 2.30. The highest BCUT2D eigenvalue weighted by Crippen LogP contribution is 2.14. The molecule has 0 aromatic heterocycles. The molecule has 0 spiro atoms. The monoisotopic (exact) mass is 223 g/mol. The molecule has 0 bridgehead atoms. The first kappa shape index (κ1) is 13.0. The zero-order valence-electron chi connectivity index (χ0n) is 10.4. The van der Waals surface area contributed by atoms with Gasteiger partial charge >= 0.3 is 0 Å². The van der Waals surface area contributed by atoms with Crippen LogP contribution in [0.2, 0.25) is 0 Å². The summed E-state index contributed by atoms with van der Waals surface area (Å²) < 4.78 is 0. The first-order chi connectivity index (χ1) is 7.59. The van der Waals surface area contributed by atoms with Crippen molar-refractivity contribution in [2.75, 3.05) is 32.7 Å². The van der Waals surface area contributed by atoms with E-state index in [1.807, 2.05) is 13.8 Å². The second-order valence-corrected chi connectivity index (χ2v) is 4.41. The van der Waals surface area contributed by atoms with E-state index in [1.54, 1.807) is 6.92 Å². The summed E-state index contributed by atoms with van der Waals surface area (Å²) in [6.45, 7) is 9.87. The van der Waals surface area contributed by atoms with Crippen molar-refractivity contribution in [2.24, 2.45) is 0 Å². The molecular weight excluding hydrogens is 202 g/mol. The van der Waals surface area contributed by atoms with Crippen LogP contribution in [-0.2, 0) is 4.79 Å². The summed E-state index contributed by atoms with van der Waals surface area (Å²) >= 11 is 0. The number of hydrogen-bond acceptors (Lipinski definition) is 3. The SMILES string of the molecule is CC#CCNC(=O)C(C)(C)N1CCNCC1. The van der Waals surface area contributed by atoms with Gasteiger partial charge in [0.15, 0.2) is 0 Å². The van der Waals surface area contributed by atoms with Gasteiger partial charge in [-0.2, -0.15) is 0 Å². The Bertz CT molecular complexity index is 295. The van der Waals surface area contributed by atoms with Crippen molar-refractivity contribution < 1.29 is 4.79 Å². The highest BCUT2D eigenvalue weighted by molar-refractivity contribution is 5.85. The third-order valence-electron chi connectivity index (χ3n) is 2.98. The standard InChI is InChI=1S/C12H21N3O/c1-4-5-6-14-11(16)12(2,3)15-9-7-13-8-10-15/h13H,6-10H2,1-3H3,(H,14,16). The topological polar surface area (TPSA) is 44.4 Å².